The predicted octanol–water partition coefficient (Wildman–Crippen LogP) is 4.13. The van der Waals surface area contributed by atoms with E-state index in [9.17, 15) is 22.7 Å². The van der Waals surface area contributed by atoms with E-state index in [2.05, 4.69) is 15.1 Å². The molecule has 9 heteroatoms. The topological polar surface area (TPSA) is 63.8 Å². The highest BCUT2D eigenvalue weighted by Crippen LogP contribution is 2.67. The summed E-state index contributed by atoms with van der Waals surface area (Å²) in [5, 5.41) is 14.5. The number of phenolic OH excluding ortho intramolecular Hbond substituents is 1. The molecule has 140 valence electrons. The van der Waals surface area contributed by atoms with Gasteiger partial charge in [-0.1, -0.05) is 0 Å². The van der Waals surface area contributed by atoms with E-state index in [1.807, 2.05) is 0 Å². The van der Waals surface area contributed by atoms with Gasteiger partial charge in [-0.25, -0.2) is 14.4 Å². The van der Waals surface area contributed by atoms with Crippen LogP contribution in [0.3, 0.4) is 0 Å². The molecule has 2 bridgehead atoms. The minimum Gasteiger partial charge on any atom is -0.507 e. The van der Waals surface area contributed by atoms with Crippen LogP contribution in [0.2, 0.25) is 0 Å². The van der Waals surface area contributed by atoms with Crippen LogP contribution in [-0.2, 0) is 11.7 Å². The van der Waals surface area contributed by atoms with E-state index >= 15 is 0 Å². The first kappa shape index (κ1) is 16.5. The number of alkyl halides is 4. The second-order valence-electron chi connectivity index (χ2n) is 7.63. The molecule has 3 aliphatic rings. The molecule has 0 unspecified atom stereocenters. The Morgan fingerprint density at radius 2 is 1.89 bits per heavy atom. The number of nitrogens with zero attached hydrogens (tertiary/aromatic N) is 4. The number of phenols is 1. The van der Waals surface area contributed by atoms with E-state index in [4.69, 9.17) is 0 Å². The van der Waals surface area contributed by atoms with Gasteiger partial charge in [-0.2, -0.15) is 18.3 Å². The Labute approximate surface area is 150 Å². The van der Waals surface area contributed by atoms with Crippen molar-refractivity contribution in [3.8, 4) is 17.0 Å². The third-order valence-corrected chi connectivity index (χ3v) is 5.55. The van der Waals surface area contributed by atoms with Gasteiger partial charge in [-0.3, -0.25) is 4.68 Å². The second-order valence-corrected chi connectivity index (χ2v) is 7.63. The van der Waals surface area contributed by atoms with Crippen LogP contribution in [-0.4, -0.2) is 30.5 Å². The average molecular weight is 378 g/mol. The average Bonchev–Trinajstić information content (AvgIpc) is 2.92. The Morgan fingerprint density at radius 1 is 1.19 bits per heavy atom. The number of aromatic hydroxyl groups is 1. The zero-order chi connectivity index (χ0) is 19.2. The molecular formula is C18H14F4N4O. The van der Waals surface area contributed by atoms with Crippen LogP contribution < -0.4 is 0 Å². The van der Waals surface area contributed by atoms with Gasteiger partial charge in [0.05, 0.1) is 29.2 Å². The van der Waals surface area contributed by atoms with E-state index in [0.717, 1.165) is 6.07 Å². The molecule has 1 N–H and O–H groups in total. The lowest BCUT2D eigenvalue weighted by molar-refractivity contribution is -0.203. The van der Waals surface area contributed by atoms with Crippen molar-refractivity contribution in [1.29, 1.82) is 0 Å². The second kappa shape index (κ2) is 4.76. The quantitative estimate of drug-likeness (QED) is 0.681. The number of hydrogen-bond acceptors (Lipinski definition) is 4. The van der Waals surface area contributed by atoms with Gasteiger partial charge in [0, 0.05) is 24.8 Å². The van der Waals surface area contributed by atoms with Gasteiger partial charge >= 0.3 is 6.18 Å². The van der Waals surface area contributed by atoms with Crippen molar-refractivity contribution in [2.75, 3.05) is 0 Å². The minimum atomic E-state index is -4.55. The molecule has 3 aliphatic carbocycles. The SMILES string of the molecule is Cc1cc(C(F)(F)F)cc(O)c1-c1cnc2cn(C34CC(F)(C3)C4)nc2n1. The number of aromatic nitrogens is 4. The normalized spacial score (nSPS) is 26.7. The van der Waals surface area contributed by atoms with Crippen LogP contribution in [0.15, 0.2) is 24.5 Å². The maximum absolute atomic E-state index is 13.8. The van der Waals surface area contributed by atoms with Gasteiger partial charge in [-0.05, 0) is 24.6 Å². The highest BCUT2D eigenvalue weighted by molar-refractivity contribution is 5.77. The molecule has 0 spiro atoms. The van der Waals surface area contributed by atoms with Crippen LogP contribution in [0.5, 0.6) is 5.75 Å². The lowest BCUT2D eigenvalue weighted by Gasteiger charge is -2.65. The fourth-order valence-electron chi connectivity index (χ4n) is 4.29. The summed E-state index contributed by atoms with van der Waals surface area (Å²) in [7, 11) is 0. The van der Waals surface area contributed by atoms with Crippen LogP contribution >= 0.6 is 0 Å². The van der Waals surface area contributed by atoms with Crippen molar-refractivity contribution in [3.05, 3.63) is 35.7 Å². The summed E-state index contributed by atoms with van der Waals surface area (Å²) in [5.74, 6) is -0.519. The maximum Gasteiger partial charge on any atom is 0.416 e. The number of aryl methyl sites for hydroxylation is 1. The third kappa shape index (κ3) is 2.26. The Kier molecular flexibility index (Phi) is 2.90. The first-order valence-electron chi connectivity index (χ1n) is 8.42. The summed E-state index contributed by atoms with van der Waals surface area (Å²) >= 11 is 0. The predicted molar refractivity (Wildman–Crippen MR) is 87.8 cm³/mol. The fraction of sp³-hybridized carbons (Fsp3) is 0.389. The lowest BCUT2D eigenvalue weighted by atomic mass is 9.47. The van der Waals surface area contributed by atoms with Crippen LogP contribution in [0.1, 0.15) is 30.4 Å². The van der Waals surface area contributed by atoms with Crippen LogP contribution in [0.25, 0.3) is 22.4 Å². The molecule has 5 nitrogen and oxygen atoms in total. The third-order valence-electron chi connectivity index (χ3n) is 5.55. The summed E-state index contributed by atoms with van der Waals surface area (Å²) in [6, 6.07) is 1.64. The summed E-state index contributed by atoms with van der Waals surface area (Å²) in [6.45, 7) is 1.47. The standard InChI is InChI=1S/C18H14F4N4O/c1-9-2-10(18(20,21)22)3-13(27)14(9)11-4-23-12-5-26(25-15(12)24-11)17-6-16(19,7-17)8-17/h2-5,27H,6-8H2,1H3. The van der Waals surface area contributed by atoms with Crippen molar-refractivity contribution in [1.82, 2.24) is 19.7 Å². The van der Waals surface area contributed by atoms with Gasteiger partial charge in [0.25, 0.3) is 0 Å². The molecule has 6 rings (SSSR count). The van der Waals surface area contributed by atoms with Crippen molar-refractivity contribution in [2.45, 2.75) is 43.6 Å². The summed E-state index contributed by atoms with van der Waals surface area (Å²) in [5.41, 5.74) is -0.824. The summed E-state index contributed by atoms with van der Waals surface area (Å²) < 4.78 is 54.2. The monoisotopic (exact) mass is 378 g/mol. The van der Waals surface area contributed by atoms with Crippen LogP contribution in [0, 0.1) is 6.92 Å². The molecule has 3 saturated carbocycles. The van der Waals surface area contributed by atoms with Gasteiger partial charge in [0.15, 0.2) is 5.65 Å². The van der Waals surface area contributed by atoms with E-state index in [-0.39, 0.29) is 22.4 Å². The van der Waals surface area contributed by atoms with Crippen molar-refractivity contribution in [3.63, 3.8) is 0 Å². The molecular weight excluding hydrogens is 364 g/mol. The Balaban J connectivity index is 1.56. The number of fused-ring (bicyclic) bond motifs is 1. The summed E-state index contributed by atoms with van der Waals surface area (Å²) in [4.78, 5) is 8.62. The Bertz CT molecular complexity index is 1060. The molecule has 0 amide bonds. The summed E-state index contributed by atoms with van der Waals surface area (Å²) in [6.07, 6.45) is -0.155. The molecule has 2 heterocycles. The molecule has 3 aromatic rings. The molecule has 0 aliphatic heterocycles. The lowest BCUT2D eigenvalue weighted by Crippen LogP contribution is -2.70. The minimum absolute atomic E-state index is 0.181. The van der Waals surface area contributed by atoms with E-state index in [1.54, 1.807) is 10.9 Å². The van der Waals surface area contributed by atoms with Crippen molar-refractivity contribution < 1.29 is 22.7 Å². The number of rotatable bonds is 2. The zero-order valence-electron chi connectivity index (χ0n) is 14.2. The zero-order valence-corrected chi connectivity index (χ0v) is 14.2. The van der Waals surface area contributed by atoms with Crippen molar-refractivity contribution >= 4 is 11.2 Å². The molecule has 0 saturated heterocycles. The van der Waals surface area contributed by atoms with Crippen molar-refractivity contribution in [2.24, 2.45) is 0 Å². The van der Waals surface area contributed by atoms with E-state index in [1.165, 1.54) is 13.1 Å². The fourth-order valence-corrected chi connectivity index (χ4v) is 4.29. The van der Waals surface area contributed by atoms with Gasteiger partial charge in [-0.15, -0.1) is 0 Å². The molecule has 2 aromatic heterocycles. The number of halogens is 4. The Morgan fingerprint density at radius 3 is 2.48 bits per heavy atom. The molecule has 0 atom stereocenters. The molecule has 0 radical (unpaired) electrons. The first-order valence-corrected chi connectivity index (χ1v) is 8.42. The van der Waals surface area contributed by atoms with E-state index < -0.39 is 23.2 Å². The molecule has 3 fully saturated rings. The van der Waals surface area contributed by atoms with Gasteiger partial charge in [0.2, 0.25) is 0 Å². The maximum atomic E-state index is 13.8. The first-order chi connectivity index (χ1) is 12.6. The van der Waals surface area contributed by atoms with Crippen LogP contribution in [0.4, 0.5) is 17.6 Å². The number of benzene rings is 1. The number of hydrogen-bond donors (Lipinski definition) is 1. The highest BCUT2D eigenvalue weighted by atomic mass is 19.4. The Hall–Kier alpha value is -2.71. The molecule has 27 heavy (non-hydrogen) atoms. The van der Waals surface area contributed by atoms with Gasteiger partial charge < -0.3 is 5.11 Å². The smallest absolute Gasteiger partial charge is 0.416 e. The van der Waals surface area contributed by atoms with E-state index in [0.29, 0.717) is 36.5 Å². The highest BCUT2D eigenvalue weighted by Gasteiger charge is 2.71. The van der Waals surface area contributed by atoms with Gasteiger partial charge in [0.1, 0.15) is 16.9 Å². The largest absolute Gasteiger partial charge is 0.507 e. The molecule has 1 aromatic carbocycles.